The SMILES string of the molecule is CC(NC(=O)NC(C(=O)O)C1CCCCC1)c1nn[nH]n1. The summed E-state index contributed by atoms with van der Waals surface area (Å²) in [5.74, 6) is -0.665. The van der Waals surface area contributed by atoms with Crippen LogP contribution in [0.4, 0.5) is 4.79 Å². The zero-order valence-corrected chi connectivity index (χ0v) is 11.9. The first-order valence-electron chi connectivity index (χ1n) is 7.11. The standard InChI is InChI=1S/C12H20N6O3/c1-7(10-15-17-18-16-10)13-12(21)14-9(11(19)20)8-5-3-2-4-6-8/h7-9H,2-6H2,1H3,(H,19,20)(H2,13,14,21)(H,15,16,17,18). The summed E-state index contributed by atoms with van der Waals surface area (Å²) in [5.41, 5.74) is 0. The van der Waals surface area contributed by atoms with E-state index >= 15 is 0 Å². The third-order valence-electron chi connectivity index (χ3n) is 3.77. The predicted octanol–water partition coefficient (Wildman–Crippen LogP) is 0.593. The van der Waals surface area contributed by atoms with Crippen molar-refractivity contribution >= 4 is 12.0 Å². The summed E-state index contributed by atoms with van der Waals surface area (Å²) in [6, 6.07) is -1.85. The van der Waals surface area contributed by atoms with E-state index < -0.39 is 24.1 Å². The molecule has 0 spiro atoms. The summed E-state index contributed by atoms with van der Waals surface area (Å²) in [6.45, 7) is 1.70. The van der Waals surface area contributed by atoms with E-state index in [1.54, 1.807) is 6.92 Å². The molecular formula is C12H20N6O3. The maximum Gasteiger partial charge on any atom is 0.326 e. The molecule has 1 saturated carbocycles. The number of hydrogen-bond donors (Lipinski definition) is 4. The Labute approximate surface area is 121 Å². The highest BCUT2D eigenvalue weighted by Gasteiger charge is 2.31. The minimum atomic E-state index is -0.996. The van der Waals surface area contributed by atoms with Crippen LogP contribution in [0.1, 0.15) is 50.9 Å². The molecule has 0 aliphatic heterocycles. The largest absolute Gasteiger partial charge is 0.480 e. The second-order valence-electron chi connectivity index (χ2n) is 5.32. The molecule has 2 rings (SSSR count). The van der Waals surface area contributed by atoms with Crippen LogP contribution in [-0.4, -0.2) is 43.8 Å². The Morgan fingerprint density at radius 2 is 2.00 bits per heavy atom. The summed E-state index contributed by atoms with van der Waals surface area (Å²) >= 11 is 0. The number of carboxylic acids is 1. The number of carbonyl (C=O) groups excluding carboxylic acids is 1. The molecule has 4 N–H and O–H groups in total. The number of carbonyl (C=O) groups is 2. The Balaban J connectivity index is 1.90. The smallest absolute Gasteiger partial charge is 0.326 e. The monoisotopic (exact) mass is 296 g/mol. The number of tetrazole rings is 1. The van der Waals surface area contributed by atoms with Crippen LogP contribution in [0.25, 0.3) is 0 Å². The summed E-state index contributed by atoms with van der Waals surface area (Å²) in [5, 5.41) is 27.7. The molecular weight excluding hydrogens is 276 g/mol. The maximum absolute atomic E-state index is 11.9. The Hall–Kier alpha value is -2.19. The van der Waals surface area contributed by atoms with Gasteiger partial charge in [-0.05, 0) is 25.7 Å². The molecule has 1 aliphatic rings. The number of H-pyrrole nitrogens is 1. The van der Waals surface area contributed by atoms with E-state index in [2.05, 4.69) is 31.3 Å². The van der Waals surface area contributed by atoms with Gasteiger partial charge in [0.25, 0.3) is 0 Å². The third-order valence-corrected chi connectivity index (χ3v) is 3.77. The lowest BCUT2D eigenvalue weighted by atomic mass is 9.84. The molecule has 2 unspecified atom stereocenters. The first-order chi connectivity index (χ1) is 10.1. The fourth-order valence-corrected chi connectivity index (χ4v) is 2.65. The van der Waals surface area contributed by atoms with Crippen molar-refractivity contribution in [2.45, 2.75) is 51.1 Å². The number of carboxylic acid groups (broad SMARTS) is 1. The highest BCUT2D eigenvalue weighted by molar-refractivity contribution is 5.82. The van der Waals surface area contributed by atoms with E-state index in [9.17, 15) is 14.7 Å². The van der Waals surface area contributed by atoms with Gasteiger partial charge in [-0.3, -0.25) is 0 Å². The first kappa shape index (κ1) is 15.2. The van der Waals surface area contributed by atoms with Crippen molar-refractivity contribution in [3.63, 3.8) is 0 Å². The molecule has 9 nitrogen and oxygen atoms in total. The molecule has 1 heterocycles. The van der Waals surface area contributed by atoms with Gasteiger partial charge in [-0.1, -0.05) is 24.5 Å². The van der Waals surface area contributed by atoms with E-state index in [0.717, 1.165) is 32.1 Å². The molecule has 0 aromatic carbocycles. The quantitative estimate of drug-likeness (QED) is 0.628. The number of aromatic nitrogens is 4. The van der Waals surface area contributed by atoms with Gasteiger partial charge in [0.2, 0.25) is 0 Å². The fraction of sp³-hybridized carbons (Fsp3) is 0.750. The molecule has 0 radical (unpaired) electrons. The van der Waals surface area contributed by atoms with Crippen LogP contribution in [-0.2, 0) is 4.79 Å². The first-order valence-corrected chi connectivity index (χ1v) is 7.11. The van der Waals surface area contributed by atoms with Crippen molar-refractivity contribution in [3.05, 3.63) is 5.82 Å². The number of aliphatic carboxylic acids is 1. The molecule has 1 aromatic rings. The third kappa shape index (κ3) is 4.14. The second kappa shape index (κ2) is 7.00. The van der Waals surface area contributed by atoms with Crippen LogP contribution in [0.3, 0.4) is 0 Å². The maximum atomic E-state index is 11.9. The van der Waals surface area contributed by atoms with E-state index in [-0.39, 0.29) is 5.92 Å². The van der Waals surface area contributed by atoms with Crippen molar-refractivity contribution in [1.29, 1.82) is 0 Å². The topological polar surface area (TPSA) is 133 Å². The molecule has 2 atom stereocenters. The van der Waals surface area contributed by atoms with Crippen LogP contribution < -0.4 is 10.6 Å². The van der Waals surface area contributed by atoms with Gasteiger partial charge in [-0.15, -0.1) is 10.2 Å². The van der Waals surface area contributed by atoms with Crippen molar-refractivity contribution < 1.29 is 14.7 Å². The number of rotatable bonds is 5. The fourth-order valence-electron chi connectivity index (χ4n) is 2.65. The van der Waals surface area contributed by atoms with Gasteiger partial charge in [0, 0.05) is 0 Å². The van der Waals surface area contributed by atoms with Crippen LogP contribution in [0.2, 0.25) is 0 Å². The zero-order chi connectivity index (χ0) is 15.2. The molecule has 1 aliphatic carbocycles. The summed E-state index contributed by atoms with van der Waals surface area (Å²) in [4.78, 5) is 23.3. The lowest BCUT2D eigenvalue weighted by Crippen LogP contribution is -2.50. The second-order valence-corrected chi connectivity index (χ2v) is 5.32. The molecule has 0 bridgehead atoms. The van der Waals surface area contributed by atoms with Crippen LogP contribution in [0.5, 0.6) is 0 Å². The number of nitrogens with one attached hydrogen (secondary N) is 3. The van der Waals surface area contributed by atoms with Gasteiger partial charge in [-0.2, -0.15) is 5.21 Å². The Morgan fingerprint density at radius 3 is 2.57 bits per heavy atom. The van der Waals surface area contributed by atoms with Crippen LogP contribution in [0.15, 0.2) is 0 Å². The van der Waals surface area contributed by atoms with Gasteiger partial charge >= 0.3 is 12.0 Å². The Morgan fingerprint density at radius 1 is 1.29 bits per heavy atom. The lowest BCUT2D eigenvalue weighted by molar-refractivity contribution is -0.141. The minimum absolute atomic E-state index is 0.0116. The van der Waals surface area contributed by atoms with Gasteiger partial charge in [0.1, 0.15) is 6.04 Å². The lowest BCUT2D eigenvalue weighted by Gasteiger charge is -2.28. The average Bonchev–Trinajstić information content (AvgIpc) is 2.99. The molecule has 9 heteroatoms. The van der Waals surface area contributed by atoms with Crippen molar-refractivity contribution in [2.24, 2.45) is 5.92 Å². The Kier molecular flexibility index (Phi) is 5.07. The van der Waals surface area contributed by atoms with Gasteiger partial charge in [0.05, 0.1) is 6.04 Å². The van der Waals surface area contributed by atoms with Crippen molar-refractivity contribution in [2.75, 3.05) is 0 Å². The number of hydrogen-bond acceptors (Lipinski definition) is 5. The highest BCUT2D eigenvalue weighted by Crippen LogP contribution is 2.26. The molecule has 1 fully saturated rings. The predicted molar refractivity (Wildman–Crippen MR) is 72.3 cm³/mol. The Bertz CT molecular complexity index is 471. The van der Waals surface area contributed by atoms with E-state index in [0.29, 0.717) is 5.82 Å². The van der Waals surface area contributed by atoms with Gasteiger partial charge in [-0.25, -0.2) is 9.59 Å². The summed E-state index contributed by atoms with van der Waals surface area (Å²) < 4.78 is 0. The highest BCUT2D eigenvalue weighted by atomic mass is 16.4. The average molecular weight is 296 g/mol. The number of urea groups is 1. The summed E-state index contributed by atoms with van der Waals surface area (Å²) in [7, 11) is 0. The van der Waals surface area contributed by atoms with Crippen molar-refractivity contribution in [3.8, 4) is 0 Å². The van der Waals surface area contributed by atoms with E-state index in [1.165, 1.54) is 0 Å². The molecule has 21 heavy (non-hydrogen) atoms. The normalized spacial score (nSPS) is 18.7. The zero-order valence-electron chi connectivity index (χ0n) is 11.9. The van der Waals surface area contributed by atoms with Gasteiger partial charge in [0.15, 0.2) is 5.82 Å². The van der Waals surface area contributed by atoms with Crippen LogP contribution in [0, 0.1) is 5.92 Å². The number of aromatic amines is 1. The minimum Gasteiger partial charge on any atom is -0.480 e. The number of nitrogens with zero attached hydrogens (tertiary/aromatic N) is 3. The number of amides is 2. The molecule has 1 aromatic heterocycles. The van der Waals surface area contributed by atoms with Crippen LogP contribution >= 0.6 is 0 Å². The molecule has 2 amide bonds. The molecule has 116 valence electrons. The summed E-state index contributed by atoms with van der Waals surface area (Å²) in [6.07, 6.45) is 4.81. The van der Waals surface area contributed by atoms with Gasteiger partial charge < -0.3 is 15.7 Å². The van der Waals surface area contributed by atoms with E-state index in [4.69, 9.17) is 0 Å². The van der Waals surface area contributed by atoms with Crippen molar-refractivity contribution in [1.82, 2.24) is 31.3 Å². The van der Waals surface area contributed by atoms with E-state index in [1.807, 2.05) is 0 Å². The molecule has 0 saturated heterocycles.